The monoisotopic (exact) mass is 273 g/mol. The van der Waals surface area contributed by atoms with Crippen LogP contribution in [0.5, 0.6) is 0 Å². The fraction of sp³-hybridized carbons (Fsp3) is 0.0714. The minimum absolute atomic E-state index is 0.00181. The number of carbonyl (C=O) groups is 1. The van der Waals surface area contributed by atoms with Crippen LogP contribution in [0.2, 0.25) is 5.02 Å². The molecule has 0 bridgehead atoms. The van der Waals surface area contributed by atoms with Gasteiger partial charge in [-0.1, -0.05) is 11.6 Å². The Bertz CT molecular complexity index is 652. The van der Waals surface area contributed by atoms with Crippen LogP contribution in [0.4, 0.5) is 22.7 Å². The number of halogens is 1. The van der Waals surface area contributed by atoms with Gasteiger partial charge in [-0.2, -0.15) is 0 Å². The summed E-state index contributed by atoms with van der Waals surface area (Å²) in [6.45, 7) is 0. The molecule has 0 saturated heterocycles. The van der Waals surface area contributed by atoms with Crippen molar-refractivity contribution in [2.75, 3.05) is 16.4 Å². The summed E-state index contributed by atoms with van der Waals surface area (Å²) in [6, 6.07) is 11.0. The highest BCUT2D eigenvalue weighted by molar-refractivity contribution is 6.30. The van der Waals surface area contributed by atoms with Crippen molar-refractivity contribution in [1.29, 1.82) is 0 Å². The topological polar surface area (TPSA) is 67.2 Å². The lowest BCUT2D eigenvalue weighted by atomic mass is 10.1. The molecule has 0 atom stereocenters. The standard InChI is InChI=1S/C14H12ClN3O/c15-9-1-3-10(4-2-9)17-13-7-12-8(5-11(13)16)6-14(19)18-12/h1-5,7,17H,6,16H2,(H,18,19). The second-order valence-electron chi connectivity index (χ2n) is 4.45. The van der Waals surface area contributed by atoms with Crippen LogP contribution in [0.25, 0.3) is 0 Å². The smallest absolute Gasteiger partial charge is 0.228 e. The zero-order chi connectivity index (χ0) is 13.4. The number of benzene rings is 2. The number of amides is 1. The number of anilines is 4. The van der Waals surface area contributed by atoms with E-state index in [0.717, 1.165) is 22.6 Å². The molecule has 2 aromatic rings. The molecule has 0 saturated carbocycles. The van der Waals surface area contributed by atoms with Crippen LogP contribution in [0.1, 0.15) is 5.56 Å². The Balaban J connectivity index is 1.91. The molecule has 0 aliphatic carbocycles. The first-order valence-electron chi connectivity index (χ1n) is 5.86. The molecule has 2 aromatic carbocycles. The molecular formula is C14H12ClN3O. The van der Waals surface area contributed by atoms with Crippen molar-refractivity contribution >= 4 is 40.3 Å². The van der Waals surface area contributed by atoms with Crippen molar-refractivity contribution in [3.8, 4) is 0 Å². The fourth-order valence-electron chi connectivity index (χ4n) is 2.09. The third kappa shape index (κ3) is 2.35. The average Bonchev–Trinajstić information content (AvgIpc) is 2.72. The Morgan fingerprint density at radius 1 is 1.21 bits per heavy atom. The molecule has 1 aliphatic rings. The van der Waals surface area contributed by atoms with E-state index in [2.05, 4.69) is 10.6 Å². The Morgan fingerprint density at radius 3 is 2.68 bits per heavy atom. The van der Waals surface area contributed by atoms with E-state index >= 15 is 0 Å². The second kappa shape index (κ2) is 4.48. The zero-order valence-corrected chi connectivity index (χ0v) is 10.8. The van der Waals surface area contributed by atoms with Crippen LogP contribution in [0.15, 0.2) is 36.4 Å². The second-order valence-corrected chi connectivity index (χ2v) is 4.89. The maximum atomic E-state index is 11.3. The maximum absolute atomic E-state index is 11.3. The zero-order valence-electron chi connectivity index (χ0n) is 10.0. The van der Waals surface area contributed by atoms with Crippen molar-refractivity contribution in [2.24, 2.45) is 0 Å². The lowest BCUT2D eigenvalue weighted by Gasteiger charge is -2.11. The number of nitrogens with one attached hydrogen (secondary N) is 2. The molecule has 5 heteroatoms. The molecule has 96 valence electrons. The summed E-state index contributed by atoms with van der Waals surface area (Å²) < 4.78 is 0. The van der Waals surface area contributed by atoms with Crippen LogP contribution in [0.3, 0.4) is 0 Å². The third-order valence-electron chi connectivity index (χ3n) is 3.02. The van der Waals surface area contributed by atoms with Crippen molar-refractivity contribution < 1.29 is 4.79 Å². The summed E-state index contributed by atoms with van der Waals surface area (Å²) >= 11 is 5.84. The Kier molecular flexibility index (Phi) is 2.80. The summed E-state index contributed by atoms with van der Waals surface area (Å²) in [5.74, 6) is -0.00181. The van der Waals surface area contributed by atoms with E-state index in [9.17, 15) is 4.79 Å². The number of nitrogens with two attached hydrogens (primary N) is 1. The molecule has 0 unspecified atom stereocenters. The van der Waals surface area contributed by atoms with Gasteiger partial charge in [-0.3, -0.25) is 4.79 Å². The number of nitrogen functional groups attached to an aromatic ring is 1. The number of rotatable bonds is 2. The lowest BCUT2D eigenvalue weighted by Crippen LogP contribution is -2.03. The molecular weight excluding hydrogens is 262 g/mol. The quantitative estimate of drug-likeness (QED) is 0.736. The van der Waals surface area contributed by atoms with Crippen molar-refractivity contribution in [1.82, 2.24) is 0 Å². The van der Waals surface area contributed by atoms with Crippen LogP contribution in [-0.4, -0.2) is 5.91 Å². The van der Waals surface area contributed by atoms with Crippen LogP contribution in [-0.2, 0) is 11.2 Å². The molecule has 1 amide bonds. The summed E-state index contributed by atoms with van der Waals surface area (Å²) in [5, 5.41) is 6.69. The Labute approximate surface area is 115 Å². The van der Waals surface area contributed by atoms with Crippen LogP contribution >= 0.6 is 11.6 Å². The molecule has 0 fully saturated rings. The van der Waals surface area contributed by atoms with Gasteiger partial charge in [-0.25, -0.2) is 0 Å². The maximum Gasteiger partial charge on any atom is 0.228 e. The highest BCUT2D eigenvalue weighted by Crippen LogP contribution is 2.33. The number of fused-ring (bicyclic) bond motifs is 1. The van der Waals surface area contributed by atoms with E-state index in [1.165, 1.54) is 0 Å². The van der Waals surface area contributed by atoms with Gasteiger partial charge in [0.05, 0.1) is 17.8 Å². The van der Waals surface area contributed by atoms with E-state index < -0.39 is 0 Å². The first kappa shape index (κ1) is 11.9. The molecule has 4 nitrogen and oxygen atoms in total. The largest absolute Gasteiger partial charge is 0.397 e. The predicted octanol–water partition coefficient (Wildman–Crippen LogP) is 3.16. The molecule has 0 aromatic heterocycles. The van der Waals surface area contributed by atoms with Crippen LogP contribution < -0.4 is 16.4 Å². The van der Waals surface area contributed by atoms with E-state index in [1.807, 2.05) is 24.3 Å². The van der Waals surface area contributed by atoms with Crippen molar-refractivity contribution in [2.45, 2.75) is 6.42 Å². The van der Waals surface area contributed by atoms with Gasteiger partial charge < -0.3 is 16.4 Å². The van der Waals surface area contributed by atoms with Crippen molar-refractivity contribution in [3.05, 3.63) is 47.0 Å². The average molecular weight is 274 g/mol. The molecule has 19 heavy (non-hydrogen) atoms. The van der Waals surface area contributed by atoms with Gasteiger partial charge in [0.1, 0.15) is 0 Å². The summed E-state index contributed by atoms with van der Waals surface area (Å²) in [7, 11) is 0. The fourth-order valence-corrected chi connectivity index (χ4v) is 2.22. The van der Waals surface area contributed by atoms with Gasteiger partial charge >= 0.3 is 0 Å². The Hall–Kier alpha value is -2.20. The van der Waals surface area contributed by atoms with Crippen LogP contribution in [0, 0.1) is 0 Å². The van der Waals surface area contributed by atoms with Gasteiger partial charge in [-0.05, 0) is 42.0 Å². The van der Waals surface area contributed by atoms with Gasteiger partial charge in [0.2, 0.25) is 5.91 Å². The van der Waals surface area contributed by atoms with Crippen molar-refractivity contribution in [3.63, 3.8) is 0 Å². The normalized spacial score (nSPS) is 13.0. The van der Waals surface area contributed by atoms with Gasteiger partial charge in [0.15, 0.2) is 0 Å². The van der Waals surface area contributed by atoms with Gasteiger partial charge in [-0.15, -0.1) is 0 Å². The molecule has 0 spiro atoms. The molecule has 4 N–H and O–H groups in total. The van der Waals surface area contributed by atoms with E-state index in [4.69, 9.17) is 17.3 Å². The van der Waals surface area contributed by atoms with Gasteiger partial charge in [0, 0.05) is 16.4 Å². The number of hydrogen-bond donors (Lipinski definition) is 3. The van der Waals surface area contributed by atoms with E-state index in [1.54, 1.807) is 12.1 Å². The minimum Gasteiger partial charge on any atom is -0.397 e. The highest BCUT2D eigenvalue weighted by atomic mass is 35.5. The number of carbonyl (C=O) groups excluding carboxylic acids is 1. The van der Waals surface area contributed by atoms with Gasteiger partial charge in [0.25, 0.3) is 0 Å². The molecule has 1 aliphatic heterocycles. The lowest BCUT2D eigenvalue weighted by molar-refractivity contribution is -0.115. The predicted molar refractivity (Wildman–Crippen MR) is 77.9 cm³/mol. The van der Waals surface area contributed by atoms with E-state index in [0.29, 0.717) is 17.1 Å². The van der Waals surface area contributed by atoms with E-state index in [-0.39, 0.29) is 5.91 Å². The summed E-state index contributed by atoms with van der Waals surface area (Å²) in [6.07, 6.45) is 0.390. The molecule has 1 heterocycles. The SMILES string of the molecule is Nc1cc2c(cc1Nc1ccc(Cl)cc1)NC(=O)C2. The Morgan fingerprint density at radius 2 is 1.95 bits per heavy atom. The number of hydrogen-bond acceptors (Lipinski definition) is 3. The third-order valence-corrected chi connectivity index (χ3v) is 3.28. The molecule has 3 rings (SSSR count). The first-order chi connectivity index (χ1) is 9.11. The minimum atomic E-state index is -0.00181. The summed E-state index contributed by atoms with van der Waals surface area (Å²) in [5.41, 5.74) is 10.0. The summed E-state index contributed by atoms with van der Waals surface area (Å²) in [4.78, 5) is 11.3. The highest BCUT2D eigenvalue weighted by Gasteiger charge is 2.19. The first-order valence-corrected chi connectivity index (χ1v) is 6.24. The molecule has 0 radical (unpaired) electrons.